The first-order chi connectivity index (χ1) is 5.59. The maximum absolute atomic E-state index is 10.9. The average Bonchev–Trinajstić information content (AvgIpc) is 2.26. The minimum absolute atomic E-state index is 0.0159. The Morgan fingerprint density at radius 3 is 2.67 bits per heavy atom. The zero-order valence-corrected chi connectivity index (χ0v) is 6.79. The lowest BCUT2D eigenvalue weighted by Crippen LogP contribution is -2.29. The van der Waals surface area contributed by atoms with Crippen LogP contribution < -0.4 is 5.32 Å². The van der Waals surface area contributed by atoms with Crippen LogP contribution >= 0.6 is 0 Å². The van der Waals surface area contributed by atoms with Gasteiger partial charge in [-0.1, -0.05) is 0 Å². The largest absolute Gasteiger partial charge is 0.324 e. The lowest BCUT2D eigenvalue weighted by Gasteiger charge is -2.10. The summed E-state index contributed by atoms with van der Waals surface area (Å²) in [6, 6.07) is -0.402. The van der Waals surface area contributed by atoms with Crippen molar-refractivity contribution in [3.63, 3.8) is 0 Å². The molecule has 1 rings (SSSR count). The van der Waals surface area contributed by atoms with E-state index in [9.17, 15) is 14.4 Å². The number of amides is 3. The highest BCUT2D eigenvalue weighted by molar-refractivity contribution is 6.02. The maximum atomic E-state index is 10.9. The molecule has 1 saturated heterocycles. The average molecular weight is 170 g/mol. The fraction of sp³-hybridized carbons (Fsp3) is 0.571. The van der Waals surface area contributed by atoms with Gasteiger partial charge >= 0.3 is 6.03 Å². The Morgan fingerprint density at radius 1 is 1.58 bits per heavy atom. The molecule has 0 spiro atoms. The summed E-state index contributed by atoms with van der Waals surface area (Å²) in [6.07, 6.45) is 0.306. The Kier molecular flexibility index (Phi) is 2.42. The fourth-order valence-corrected chi connectivity index (χ4v) is 0.956. The van der Waals surface area contributed by atoms with Gasteiger partial charge in [-0.2, -0.15) is 0 Å². The van der Waals surface area contributed by atoms with E-state index in [2.05, 4.69) is 5.32 Å². The number of carbonyl (C=O) groups excluding carboxylic acids is 3. The number of urea groups is 1. The molecule has 5 heteroatoms. The molecular formula is C7H10N2O3. The SMILES string of the molecule is CC(=O)CCN1CC(=O)NC1=O. The number of hydrogen-bond acceptors (Lipinski definition) is 3. The predicted octanol–water partition coefficient (Wildman–Crippen LogP) is -0.483. The summed E-state index contributed by atoms with van der Waals surface area (Å²) in [5.41, 5.74) is 0. The monoisotopic (exact) mass is 170 g/mol. The topological polar surface area (TPSA) is 66.5 Å². The van der Waals surface area contributed by atoms with Crippen LogP contribution in [0, 0.1) is 0 Å². The van der Waals surface area contributed by atoms with Crippen LogP contribution in [0.5, 0.6) is 0 Å². The van der Waals surface area contributed by atoms with Crippen LogP contribution in [-0.2, 0) is 9.59 Å². The molecule has 0 radical (unpaired) electrons. The van der Waals surface area contributed by atoms with E-state index in [1.165, 1.54) is 11.8 Å². The molecule has 1 aliphatic rings. The first-order valence-corrected chi connectivity index (χ1v) is 3.68. The molecule has 1 N–H and O–H groups in total. The van der Waals surface area contributed by atoms with E-state index >= 15 is 0 Å². The number of Topliss-reactive ketones (excluding diaryl/α,β-unsaturated/α-hetero) is 1. The van der Waals surface area contributed by atoms with Gasteiger partial charge in [-0.15, -0.1) is 0 Å². The first-order valence-electron chi connectivity index (χ1n) is 3.68. The summed E-state index contributed by atoms with van der Waals surface area (Å²) in [4.78, 5) is 33.4. The van der Waals surface area contributed by atoms with Crippen LogP contribution in [0.4, 0.5) is 4.79 Å². The van der Waals surface area contributed by atoms with Gasteiger partial charge in [-0.3, -0.25) is 14.9 Å². The Labute approximate surface area is 69.7 Å². The molecule has 1 fully saturated rings. The third-order valence-corrected chi connectivity index (χ3v) is 1.60. The molecule has 0 aromatic carbocycles. The van der Waals surface area contributed by atoms with Crippen molar-refractivity contribution in [1.82, 2.24) is 10.2 Å². The number of imide groups is 1. The van der Waals surface area contributed by atoms with Crippen LogP contribution in [0.25, 0.3) is 0 Å². The number of nitrogens with zero attached hydrogens (tertiary/aromatic N) is 1. The van der Waals surface area contributed by atoms with Crippen LogP contribution in [0.2, 0.25) is 0 Å². The molecule has 3 amide bonds. The Bertz CT molecular complexity index is 237. The second-order valence-corrected chi connectivity index (χ2v) is 2.73. The molecule has 0 saturated carbocycles. The number of rotatable bonds is 3. The smallest absolute Gasteiger partial charge is 0.315 e. The molecule has 0 aromatic heterocycles. The lowest BCUT2D eigenvalue weighted by molar-refractivity contribution is -0.119. The molecule has 1 heterocycles. The van der Waals surface area contributed by atoms with Crippen molar-refractivity contribution in [3.05, 3.63) is 0 Å². The van der Waals surface area contributed by atoms with Crippen molar-refractivity contribution in [3.8, 4) is 0 Å². The van der Waals surface area contributed by atoms with Gasteiger partial charge in [0.1, 0.15) is 12.3 Å². The quantitative estimate of drug-likeness (QED) is 0.581. The normalized spacial score (nSPS) is 16.6. The number of nitrogens with one attached hydrogen (secondary N) is 1. The Hall–Kier alpha value is -1.39. The zero-order valence-electron chi connectivity index (χ0n) is 6.79. The molecule has 1 aliphatic heterocycles. The summed E-state index contributed by atoms with van der Waals surface area (Å²) in [7, 11) is 0. The summed E-state index contributed by atoms with van der Waals surface area (Å²) in [5, 5.41) is 2.13. The number of hydrogen-bond donors (Lipinski definition) is 1. The third kappa shape index (κ3) is 2.05. The first kappa shape index (κ1) is 8.70. The molecule has 0 bridgehead atoms. The van der Waals surface area contributed by atoms with Crippen molar-refractivity contribution in [1.29, 1.82) is 0 Å². The Balaban J connectivity index is 2.38. The number of carbonyl (C=O) groups is 3. The highest BCUT2D eigenvalue weighted by Crippen LogP contribution is 1.99. The van der Waals surface area contributed by atoms with Crippen molar-refractivity contribution < 1.29 is 14.4 Å². The second-order valence-electron chi connectivity index (χ2n) is 2.73. The molecule has 0 atom stereocenters. The van der Waals surface area contributed by atoms with Gasteiger partial charge in [0.25, 0.3) is 0 Å². The van der Waals surface area contributed by atoms with E-state index in [4.69, 9.17) is 0 Å². The van der Waals surface area contributed by atoms with Gasteiger partial charge in [0.2, 0.25) is 5.91 Å². The van der Waals surface area contributed by atoms with Gasteiger partial charge < -0.3 is 4.90 Å². The van der Waals surface area contributed by atoms with Crippen LogP contribution in [0.15, 0.2) is 0 Å². The van der Waals surface area contributed by atoms with Crippen molar-refractivity contribution >= 4 is 17.7 Å². The molecule has 0 aliphatic carbocycles. The number of ketones is 1. The van der Waals surface area contributed by atoms with Gasteiger partial charge in [-0.25, -0.2) is 4.79 Å². The predicted molar refractivity (Wildman–Crippen MR) is 40.4 cm³/mol. The van der Waals surface area contributed by atoms with E-state index in [-0.39, 0.29) is 18.2 Å². The summed E-state index contributed by atoms with van der Waals surface area (Å²) in [5.74, 6) is -0.286. The Morgan fingerprint density at radius 2 is 2.25 bits per heavy atom. The van der Waals surface area contributed by atoms with Gasteiger partial charge in [0, 0.05) is 13.0 Å². The highest BCUT2D eigenvalue weighted by atomic mass is 16.2. The van der Waals surface area contributed by atoms with Gasteiger partial charge in [0.05, 0.1) is 0 Å². The van der Waals surface area contributed by atoms with Crippen LogP contribution in [0.1, 0.15) is 13.3 Å². The molecule has 66 valence electrons. The summed E-state index contributed by atoms with van der Waals surface area (Å²) >= 11 is 0. The van der Waals surface area contributed by atoms with Gasteiger partial charge in [-0.05, 0) is 6.92 Å². The van der Waals surface area contributed by atoms with Crippen LogP contribution in [-0.4, -0.2) is 35.7 Å². The second kappa shape index (κ2) is 3.34. The molecular weight excluding hydrogens is 160 g/mol. The van der Waals surface area contributed by atoms with Crippen molar-refractivity contribution in [2.75, 3.05) is 13.1 Å². The van der Waals surface area contributed by atoms with E-state index in [1.807, 2.05) is 0 Å². The maximum Gasteiger partial charge on any atom is 0.324 e. The molecule has 5 nitrogen and oxygen atoms in total. The molecule has 0 aromatic rings. The van der Waals surface area contributed by atoms with Gasteiger partial charge in [0.15, 0.2) is 0 Å². The van der Waals surface area contributed by atoms with Crippen LogP contribution in [0.3, 0.4) is 0 Å². The van der Waals surface area contributed by atoms with Crippen molar-refractivity contribution in [2.45, 2.75) is 13.3 Å². The third-order valence-electron chi connectivity index (χ3n) is 1.60. The van der Waals surface area contributed by atoms with E-state index < -0.39 is 6.03 Å². The van der Waals surface area contributed by atoms with E-state index in [0.717, 1.165) is 0 Å². The minimum atomic E-state index is -0.402. The molecule has 12 heavy (non-hydrogen) atoms. The van der Waals surface area contributed by atoms with Crippen molar-refractivity contribution in [2.24, 2.45) is 0 Å². The minimum Gasteiger partial charge on any atom is -0.315 e. The zero-order chi connectivity index (χ0) is 9.14. The van der Waals surface area contributed by atoms with E-state index in [0.29, 0.717) is 13.0 Å². The van der Waals surface area contributed by atoms with E-state index in [1.54, 1.807) is 0 Å². The highest BCUT2D eigenvalue weighted by Gasteiger charge is 2.25. The lowest BCUT2D eigenvalue weighted by atomic mass is 10.3. The fourth-order valence-electron chi connectivity index (χ4n) is 0.956. The summed E-state index contributed by atoms with van der Waals surface area (Å²) < 4.78 is 0. The standard InChI is InChI=1S/C7H10N2O3/c1-5(10)2-3-9-4-6(11)8-7(9)12/h2-4H2,1H3,(H,8,11,12). The molecule has 0 unspecified atom stereocenters. The summed E-state index contributed by atoms with van der Waals surface area (Å²) in [6.45, 7) is 1.86.